The van der Waals surface area contributed by atoms with E-state index in [-0.39, 0.29) is 22.1 Å². The largest absolute Gasteiger partial charge is 0.489 e. The Morgan fingerprint density at radius 1 is 1.29 bits per heavy atom. The molecule has 2 atom stereocenters. The first kappa shape index (κ1) is 35.9. The zero-order valence-corrected chi connectivity index (χ0v) is 27.3. The third-order valence-corrected chi connectivity index (χ3v) is 8.17. The zero-order chi connectivity index (χ0) is 35.6. The summed E-state index contributed by atoms with van der Waals surface area (Å²) in [7, 11) is -3.32. The Morgan fingerprint density at radius 3 is 2.56 bits per heavy atom. The maximum Gasteiger partial charge on any atom is 0.418 e. The van der Waals surface area contributed by atoms with Gasteiger partial charge in [0.05, 0.1) is 18.2 Å². The molecule has 2 aromatic heterocycles. The number of carbonyl (C=O) groups is 3. The maximum absolute atomic E-state index is 15.2. The number of nitrogens with zero attached hydrogens (tertiary/aromatic N) is 5. The lowest BCUT2D eigenvalue weighted by atomic mass is 9.84. The van der Waals surface area contributed by atoms with Crippen molar-refractivity contribution in [2.75, 3.05) is 24.6 Å². The number of nitrogens with two attached hydrogens (primary N) is 3. The van der Waals surface area contributed by atoms with Crippen LogP contribution in [0.3, 0.4) is 0 Å². The second-order valence-electron chi connectivity index (χ2n) is 10.8. The van der Waals surface area contributed by atoms with Gasteiger partial charge >= 0.3 is 16.4 Å². The fourth-order valence-electron chi connectivity index (χ4n) is 4.55. The number of amides is 2. The van der Waals surface area contributed by atoms with Gasteiger partial charge in [0.25, 0.3) is 17.9 Å². The fourth-order valence-corrected chi connectivity index (χ4v) is 5.55. The van der Waals surface area contributed by atoms with Gasteiger partial charge in [-0.15, -0.1) is 25.0 Å². The summed E-state index contributed by atoms with van der Waals surface area (Å²) in [6, 6.07) is 2.49. The summed E-state index contributed by atoms with van der Waals surface area (Å²) in [5, 5.41) is 17.4. The van der Waals surface area contributed by atoms with Crippen molar-refractivity contribution >= 4 is 56.2 Å². The highest BCUT2D eigenvalue weighted by Crippen LogP contribution is 2.33. The Bertz CT molecular complexity index is 1860. The Morgan fingerprint density at radius 2 is 2.00 bits per heavy atom. The minimum absolute atomic E-state index is 0.0181. The number of thiazole rings is 1. The van der Waals surface area contributed by atoms with Crippen molar-refractivity contribution in [1.29, 1.82) is 0 Å². The van der Waals surface area contributed by atoms with Gasteiger partial charge in [-0.05, 0) is 32.5 Å². The molecule has 0 bridgehead atoms. The van der Waals surface area contributed by atoms with Gasteiger partial charge in [0.2, 0.25) is 6.20 Å². The van der Waals surface area contributed by atoms with Crippen LogP contribution in [0, 0.1) is 5.82 Å². The normalized spacial score (nSPS) is 16.7. The standard InChI is InChI=1S/C26H32FN9O10S2/c1-26(2)20(23(38)36(26)46-48(41,42)43)32-22(37)19(17-12-47-25(30)31-17)33-45-18(24(39)40)11-44-13-5-6-14(16(27)9-13)15-10-35(8-4-7-28)34(3)21(15)29/h5-6,9-10,12,18,20,29H,4,7-8,11,28H2,1-3H3,(H5,30,31,32,37,39,40,41,42,43)/p+1/b33-19-/t18-,20+/m0/s1. The van der Waals surface area contributed by atoms with E-state index in [1.54, 1.807) is 22.6 Å². The number of benzene rings is 1. The van der Waals surface area contributed by atoms with Crippen molar-refractivity contribution < 1.29 is 55.4 Å². The third kappa shape index (κ3) is 7.79. The summed E-state index contributed by atoms with van der Waals surface area (Å²) in [4.78, 5) is 46.7. The van der Waals surface area contributed by atoms with E-state index >= 15 is 4.39 Å². The van der Waals surface area contributed by atoms with Crippen molar-refractivity contribution in [3.63, 3.8) is 0 Å². The summed E-state index contributed by atoms with van der Waals surface area (Å²) in [6.45, 7) is 3.01. The van der Waals surface area contributed by atoms with Gasteiger partial charge in [0.15, 0.2) is 23.2 Å². The molecule has 9 N–H and O–H groups in total. The average molecular weight is 715 g/mol. The minimum atomic E-state index is -5.04. The molecule has 0 unspecified atom stereocenters. The van der Waals surface area contributed by atoms with E-state index in [2.05, 4.69) is 19.7 Å². The number of carbonyl (C=O) groups excluding carboxylic acids is 2. The van der Waals surface area contributed by atoms with Gasteiger partial charge in [-0.3, -0.25) is 14.1 Å². The average Bonchev–Trinajstić information content (AvgIpc) is 3.56. The molecule has 1 aromatic carbocycles. The zero-order valence-electron chi connectivity index (χ0n) is 25.7. The molecule has 4 rings (SSSR count). The molecule has 0 saturated carbocycles. The topological polar surface area (TPSA) is 281 Å². The molecule has 22 heteroatoms. The number of carboxylic acid groups (broad SMARTS) is 1. The van der Waals surface area contributed by atoms with Crippen LogP contribution in [0.1, 0.15) is 26.0 Å². The number of aromatic nitrogens is 3. The molecule has 1 aliphatic heterocycles. The number of hydroxylamine groups is 2. The molecular formula is C26H33FN9O10S2+. The Hall–Kier alpha value is -4.90. The molecule has 48 heavy (non-hydrogen) atoms. The molecule has 2 amide bonds. The van der Waals surface area contributed by atoms with Crippen molar-refractivity contribution in [3.05, 3.63) is 41.3 Å². The molecule has 1 aliphatic rings. The molecule has 0 spiro atoms. The smallest absolute Gasteiger partial charge is 0.418 e. The summed E-state index contributed by atoms with van der Waals surface area (Å²) >= 11 is 0.920. The molecule has 0 aliphatic carbocycles. The lowest BCUT2D eigenvalue weighted by Gasteiger charge is -2.50. The number of rotatable bonds is 15. The quantitative estimate of drug-likeness (QED) is 0.0369. The number of halogens is 1. The predicted molar refractivity (Wildman–Crippen MR) is 166 cm³/mol. The van der Waals surface area contributed by atoms with Crippen LogP contribution in [0.5, 0.6) is 5.75 Å². The first-order chi connectivity index (χ1) is 22.4. The molecule has 0 radical (unpaired) electrons. The Kier molecular flexibility index (Phi) is 10.5. The lowest BCUT2D eigenvalue weighted by Crippen LogP contribution is -2.76. The van der Waals surface area contributed by atoms with Crippen LogP contribution in [-0.4, -0.2) is 87.1 Å². The number of aryl methyl sites for hydroxylation is 1. The molecule has 1 fully saturated rings. The second kappa shape index (κ2) is 14.1. The number of hydrogen-bond donors (Lipinski definition) is 6. The monoisotopic (exact) mass is 714 g/mol. The van der Waals surface area contributed by atoms with E-state index in [1.165, 1.54) is 31.4 Å². The SMILES string of the molecule is Cn1c(N)c(-c2ccc(OC[C@H](O/N=C(\C(=O)N[C@@H]3C(=O)N(OS(=O)(=O)O)C3(C)C)c3csc(N)n3)C(=O)O)cc2F)c[n+]1CCCN. The molecule has 3 heterocycles. The number of hydrogen-bond acceptors (Lipinski definition) is 14. The number of aliphatic carboxylic acids is 1. The highest BCUT2D eigenvalue weighted by atomic mass is 32.3. The molecule has 260 valence electrons. The van der Waals surface area contributed by atoms with Crippen LogP contribution >= 0.6 is 11.3 Å². The lowest BCUT2D eigenvalue weighted by molar-refractivity contribution is -0.772. The van der Waals surface area contributed by atoms with Crippen LogP contribution in [0.25, 0.3) is 11.1 Å². The van der Waals surface area contributed by atoms with Crippen LogP contribution in [0.15, 0.2) is 34.9 Å². The fraction of sp³-hybridized carbons (Fsp3) is 0.385. The van der Waals surface area contributed by atoms with Crippen molar-refractivity contribution in [2.24, 2.45) is 17.9 Å². The van der Waals surface area contributed by atoms with E-state index in [0.717, 1.165) is 17.4 Å². The van der Waals surface area contributed by atoms with Crippen LogP contribution in [0.2, 0.25) is 0 Å². The first-order valence-corrected chi connectivity index (χ1v) is 16.2. The van der Waals surface area contributed by atoms with Crippen molar-refractivity contribution in [2.45, 2.75) is 44.5 Å². The number of β-lactam (4-membered cyclic amide) rings is 1. The Labute approximate surface area is 276 Å². The van der Waals surface area contributed by atoms with Crippen LogP contribution < -0.4 is 31.9 Å². The van der Waals surface area contributed by atoms with E-state index in [4.69, 9.17) is 31.3 Å². The second-order valence-corrected chi connectivity index (χ2v) is 12.7. The molecule has 1 saturated heterocycles. The van der Waals surface area contributed by atoms with E-state index in [1.807, 2.05) is 0 Å². The molecule has 3 aromatic rings. The van der Waals surface area contributed by atoms with E-state index < -0.39 is 64.0 Å². The van der Waals surface area contributed by atoms with Crippen molar-refractivity contribution in [1.82, 2.24) is 20.0 Å². The van der Waals surface area contributed by atoms with Gasteiger partial charge in [-0.25, -0.2) is 14.2 Å². The van der Waals surface area contributed by atoms with Gasteiger partial charge in [0.1, 0.15) is 29.9 Å². The number of carboxylic acids is 1. The number of anilines is 2. The van der Waals surface area contributed by atoms with Crippen LogP contribution in [-0.2, 0) is 47.5 Å². The molecule has 19 nitrogen and oxygen atoms in total. The summed E-state index contributed by atoms with van der Waals surface area (Å²) in [5.74, 6) is -4.09. The van der Waals surface area contributed by atoms with E-state index in [0.29, 0.717) is 36.0 Å². The maximum atomic E-state index is 15.2. The predicted octanol–water partition coefficient (Wildman–Crippen LogP) is -0.819. The van der Waals surface area contributed by atoms with Gasteiger partial charge in [-0.2, -0.15) is 13.5 Å². The molecular weight excluding hydrogens is 681 g/mol. The Balaban J connectivity index is 1.49. The number of ether oxygens (including phenoxy) is 1. The number of nitrogen functional groups attached to an aromatic ring is 2. The van der Waals surface area contributed by atoms with Gasteiger partial charge in [0, 0.05) is 23.4 Å². The number of oxime groups is 1. The third-order valence-electron chi connectivity index (χ3n) is 7.16. The highest BCUT2D eigenvalue weighted by molar-refractivity contribution is 7.80. The highest BCUT2D eigenvalue weighted by Gasteiger charge is 2.58. The van der Waals surface area contributed by atoms with Crippen molar-refractivity contribution in [3.8, 4) is 16.9 Å². The van der Waals surface area contributed by atoms with Gasteiger partial charge in [-0.1, -0.05) is 5.16 Å². The van der Waals surface area contributed by atoms with Gasteiger partial charge < -0.3 is 37.2 Å². The van der Waals surface area contributed by atoms with E-state index in [9.17, 15) is 27.9 Å². The summed E-state index contributed by atoms with van der Waals surface area (Å²) in [6.07, 6.45) is 0.549. The minimum Gasteiger partial charge on any atom is -0.489 e. The van der Waals surface area contributed by atoms with Crippen LogP contribution in [0.4, 0.5) is 15.3 Å². The summed E-state index contributed by atoms with van der Waals surface area (Å²) in [5.41, 5.74) is 15.8. The first-order valence-electron chi connectivity index (χ1n) is 13.9. The number of nitrogens with one attached hydrogen (secondary N) is 1. The summed E-state index contributed by atoms with van der Waals surface area (Å²) < 4.78 is 59.5.